The number of aryl methyl sites for hydroxylation is 1. The van der Waals surface area contributed by atoms with E-state index in [1.807, 2.05) is 38.1 Å². The summed E-state index contributed by atoms with van der Waals surface area (Å²) in [4.78, 5) is 12.5. The molecule has 2 aromatic carbocycles. The summed E-state index contributed by atoms with van der Waals surface area (Å²) in [5.74, 6) is 0.115. The number of hydrogen-bond acceptors (Lipinski definition) is 4. The van der Waals surface area contributed by atoms with Crippen LogP contribution in [0, 0.1) is 31.1 Å². The monoisotopic (exact) mass is 338 g/mol. The van der Waals surface area contributed by atoms with Crippen LogP contribution in [0.15, 0.2) is 36.4 Å². The molecule has 0 radical (unpaired) electrons. The van der Waals surface area contributed by atoms with Crippen LogP contribution in [-0.4, -0.2) is 20.1 Å². The highest BCUT2D eigenvalue weighted by atomic mass is 16.5. The van der Waals surface area contributed by atoms with Crippen molar-refractivity contribution in [2.24, 2.45) is 5.92 Å². The molecule has 0 fully saturated rings. The maximum absolute atomic E-state index is 12.5. The van der Waals surface area contributed by atoms with Gasteiger partial charge in [0.05, 0.1) is 20.3 Å². The van der Waals surface area contributed by atoms with Gasteiger partial charge in [-0.3, -0.25) is 4.79 Å². The molecule has 2 aromatic rings. The van der Waals surface area contributed by atoms with Gasteiger partial charge in [0.15, 0.2) is 0 Å². The van der Waals surface area contributed by atoms with Gasteiger partial charge in [-0.1, -0.05) is 18.2 Å². The summed E-state index contributed by atoms with van der Waals surface area (Å²) in [5.41, 5.74) is 3.59. The van der Waals surface area contributed by atoms with E-state index in [1.54, 1.807) is 26.4 Å². The van der Waals surface area contributed by atoms with E-state index < -0.39 is 5.92 Å². The third-order valence-corrected chi connectivity index (χ3v) is 4.25. The highest BCUT2D eigenvalue weighted by Crippen LogP contribution is 2.27. The quantitative estimate of drug-likeness (QED) is 0.873. The Balaban J connectivity index is 2.18. The Morgan fingerprint density at radius 3 is 2.60 bits per heavy atom. The molecule has 2 rings (SSSR count). The number of nitrogens with zero attached hydrogens (tertiary/aromatic N) is 1. The number of carbonyl (C=O) groups is 1. The first-order valence-corrected chi connectivity index (χ1v) is 7.97. The van der Waals surface area contributed by atoms with Gasteiger partial charge >= 0.3 is 0 Å². The number of nitrogens with one attached hydrogen (secondary N) is 1. The number of amides is 1. The molecule has 0 aliphatic heterocycles. The molecule has 1 atom stereocenters. The fraction of sp³-hybridized carbons (Fsp3) is 0.300. The van der Waals surface area contributed by atoms with Crippen LogP contribution < -0.4 is 14.8 Å². The van der Waals surface area contributed by atoms with Gasteiger partial charge in [-0.15, -0.1) is 0 Å². The average Bonchev–Trinajstić information content (AvgIpc) is 2.63. The standard InChI is InChI=1S/C20H22N2O3/c1-13-6-5-7-18(14(13)2)22-20(23)16(12-21)10-15-8-9-17(24-3)11-19(15)25-4/h5-9,11,16H,10H2,1-4H3,(H,22,23). The number of carbonyl (C=O) groups excluding carboxylic acids is 1. The Hall–Kier alpha value is -3.00. The lowest BCUT2D eigenvalue weighted by molar-refractivity contribution is -0.118. The van der Waals surface area contributed by atoms with Gasteiger partial charge in [-0.2, -0.15) is 5.26 Å². The van der Waals surface area contributed by atoms with Gasteiger partial charge in [0.2, 0.25) is 5.91 Å². The van der Waals surface area contributed by atoms with Crippen molar-refractivity contribution in [1.29, 1.82) is 5.26 Å². The van der Waals surface area contributed by atoms with Crippen molar-refractivity contribution < 1.29 is 14.3 Å². The average molecular weight is 338 g/mol. The second kappa shape index (κ2) is 8.20. The molecular formula is C20H22N2O3. The molecule has 1 unspecified atom stereocenters. The molecule has 0 bridgehead atoms. The van der Waals surface area contributed by atoms with E-state index in [1.165, 1.54) is 0 Å². The molecule has 0 aliphatic rings. The summed E-state index contributed by atoms with van der Waals surface area (Å²) < 4.78 is 10.5. The smallest absolute Gasteiger partial charge is 0.242 e. The minimum absolute atomic E-state index is 0.264. The first kappa shape index (κ1) is 18.3. The Labute approximate surface area is 148 Å². The van der Waals surface area contributed by atoms with E-state index >= 15 is 0 Å². The van der Waals surface area contributed by atoms with Crippen molar-refractivity contribution in [1.82, 2.24) is 0 Å². The van der Waals surface area contributed by atoms with E-state index in [2.05, 4.69) is 11.4 Å². The van der Waals surface area contributed by atoms with Gasteiger partial charge in [0.25, 0.3) is 0 Å². The Morgan fingerprint density at radius 1 is 1.20 bits per heavy atom. The summed E-state index contributed by atoms with van der Waals surface area (Å²) in [7, 11) is 3.12. The van der Waals surface area contributed by atoms with E-state index in [0.29, 0.717) is 11.5 Å². The molecule has 0 heterocycles. The lowest BCUT2D eigenvalue weighted by Gasteiger charge is -2.15. The van der Waals surface area contributed by atoms with Crippen LogP contribution >= 0.6 is 0 Å². The van der Waals surface area contributed by atoms with E-state index in [4.69, 9.17) is 9.47 Å². The lowest BCUT2D eigenvalue weighted by atomic mass is 9.98. The highest BCUT2D eigenvalue weighted by molar-refractivity contribution is 5.95. The Bertz CT molecular complexity index is 809. The predicted molar refractivity (Wildman–Crippen MR) is 96.9 cm³/mol. The van der Waals surface area contributed by atoms with Crippen LogP contribution in [0.2, 0.25) is 0 Å². The summed E-state index contributed by atoms with van der Waals surface area (Å²) in [6, 6.07) is 13.1. The maximum atomic E-state index is 12.5. The summed E-state index contributed by atoms with van der Waals surface area (Å²) in [6.45, 7) is 3.92. The Kier molecular flexibility index (Phi) is 6.02. The van der Waals surface area contributed by atoms with Crippen LogP contribution in [-0.2, 0) is 11.2 Å². The van der Waals surface area contributed by atoms with Crippen LogP contribution in [0.5, 0.6) is 11.5 Å². The van der Waals surface area contributed by atoms with Crippen molar-refractivity contribution >= 4 is 11.6 Å². The van der Waals surface area contributed by atoms with E-state index in [9.17, 15) is 10.1 Å². The first-order chi connectivity index (χ1) is 12.0. The van der Waals surface area contributed by atoms with Gasteiger partial charge in [0, 0.05) is 18.2 Å². The zero-order chi connectivity index (χ0) is 18.4. The SMILES string of the molecule is COc1ccc(CC(C#N)C(=O)Nc2cccc(C)c2C)c(OC)c1. The predicted octanol–water partition coefficient (Wildman–Crippen LogP) is 3.64. The molecular weight excluding hydrogens is 316 g/mol. The van der Waals surface area contributed by atoms with Crippen molar-refractivity contribution in [3.05, 3.63) is 53.1 Å². The van der Waals surface area contributed by atoms with Crippen LogP contribution in [0.25, 0.3) is 0 Å². The largest absolute Gasteiger partial charge is 0.497 e. The van der Waals surface area contributed by atoms with Crippen LogP contribution in [0.3, 0.4) is 0 Å². The molecule has 130 valence electrons. The number of methoxy groups -OCH3 is 2. The summed E-state index contributed by atoms with van der Waals surface area (Å²) in [5, 5.41) is 12.3. The second-order valence-electron chi connectivity index (χ2n) is 5.80. The van der Waals surface area contributed by atoms with Crippen LogP contribution in [0.4, 0.5) is 5.69 Å². The number of hydrogen-bond donors (Lipinski definition) is 1. The van der Waals surface area contributed by atoms with Gasteiger partial charge in [-0.05, 0) is 42.7 Å². The highest BCUT2D eigenvalue weighted by Gasteiger charge is 2.21. The minimum Gasteiger partial charge on any atom is -0.497 e. The van der Waals surface area contributed by atoms with E-state index in [0.717, 1.165) is 22.4 Å². The Morgan fingerprint density at radius 2 is 1.96 bits per heavy atom. The number of rotatable bonds is 6. The molecule has 0 saturated carbocycles. The normalized spacial score (nSPS) is 11.3. The molecule has 0 aliphatic carbocycles. The molecule has 5 heteroatoms. The molecule has 0 aromatic heterocycles. The third-order valence-electron chi connectivity index (χ3n) is 4.25. The zero-order valence-electron chi connectivity index (χ0n) is 14.9. The summed E-state index contributed by atoms with van der Waals surface area (Å²) in [6.07, 6.45) is 0.264. The first-order valence-electron chi connectivity index (χ1n) is 7.97. The molecule has 1 amide bonds. The topological polar surface area (TPSA) is 71.3 Å². The van der Waals surface area contributed by atoms with E-state index in [-0.39, 0.29) is 12.3 Å². The number of benzene rings is 2. The number of ether oxygens (including phenoxy) is 2. The lowest BCUT2D eigenvalue weighted by Crippen LogP contribution is -2.24. The number of anilines is 1. The maximum Gasteiger partial charge on any atom is 0.242 e. The molecule has 25 heavy (non-hydrogen) atoms. The number of nitriles is 1. The second-order valence-corrected chi connectivity index (χ2v) is 5.80. The molecule has 0 spiro atoms. The fourth-order valence-electron chi connectivity index (χ4n) is 2.54. The van der Waals surface area contributed by atoms with Crippen LogP contribution in [0.1, 0.15) is 16.7 Å². The molecule has 0 saturated heterocycles. The van der Waals surface area contributed by atoms with Crippen molar-refractivity contribution in [3.8, 4) is 17.6 Å². The fourth-order valence-corrected chi connectivity index (χ4v) is 2.54. The van der Waals surface area contributed by atoms with Crippen molar-refractivity contribution in [3.63, 3.8) is 0 Å². The van der Waals surface area contributed by atoms with Gasteiger partial charge in [0.1, 0.15) is 17.4 Å². The van der Waals surface area contributed by atoms with Crippen molar-refractivity contribution in [2.75, 3.05) is 19.5 Å². The molecule has 1 N–H and O–H groups in total. The summed E-state index contributed by atoms with van der Waals surface area (Å²) >= 11 is 0. The van der Waals surface area contributed by atoms with Crippen molar-refractivity contribution in [2.45, 2.75) is 20.3 Å². The van der Waals surface area contributed by atoms with Gasteiger partial charge < -0.3 is 14.8 Å². The van der Waals surface area contributed by atoms with Gasteiger partial charge in [-0.25, -0.2) is 0 Å². The third kappa shape index (κ3) is 4.30. The molecule has 5 nitrogen and oxygen atoms in total. The zero-order valence-corrected chi connectivity index (χ0v) is 14.9. The minimum atomic E-state index is -0.817.